The van der Waals surface area contributed by atoms with Gasteiger partial charge in [0, 0.05) is 6.42 Å². The monoisotopic (exact) mass is 832 g/mol. The van der Waals surface area contributed by atoms with Crippen LogP contribution < -0.4 is 5.32 Å². The molecule has 1 amide bonds. The highest BCUT2D eigenvalue weighted by Gasteiger charge is 2.20. The van der Waals surface area contributed by atoms with Gasteiger partial charge in [-0.3, -0.25) is 4.79 Å². The van der Waals surface area contributed by atoms with Crippen LogP contribution in [-0.2, 0) is 4.79 Å². The van der Waals surface area contributed by atoms with Gasteiger partial charge in [0.05, 0.1) is 18.8 Å². The molecule has 0 aliphatic rings. The standard InChI is InChI=1S/C55H109NO3/c1-3-5-7-9-11-13-15-17-19-21-22-23-24-25-26-27-28-29-30-31-32-33-35-37-39-41-43-45-47-49-51-55(59)56-53(52-57)54(58)50-48-46-44-42-40-38-36-34-20-18-16-14-12-10-8-6-4-2/h25-26,53-54,57-58H,3-24,27-52H2,1-2H3,(H,56,59)/b26-25-. The SMILES string of the molecule is CCCCCCCCCCCCCC/C=C\CCCCCCCCCCCCCCCCC(=O)NC(CO)C(O)CCCCCCCCCCCCCCCCCCC. The van der Waals surface area contributed by atoms with E-state index in [-0.39, 0.29) is 12.5 Å². The second-order valence-corrected chi connectivity index (χ2v) is 19.0. The van der Waals surface area contributed by atoms with Gasteiger partial charge in [-0.2, -0.15) is 0 Å². The minimum atomic E-state index is -0.656. The van der Waals surface area contributed by atoms with Crippen molar-refractivity contribution in [3.8, 4) is 0 Å². The third-order valence-corrected chi connectivity index (χ3v) is 13.0. The lowest BCUT2D eigenvalue weighted by molar-refractivity contribution is -0.123. The number of allylic oxidation sites excluding steroid dienone is 2. The minimum Gasteiger partial charge on any atom is -0.394 e. The van der Waals surface area contributed by atoms with Gasteiger partial charge in [-0.1, -0.05) is 283 Å². The Hall–Kier alpha value is -0.870. The van der Waals surface area contributed by atoms with Crippen molar-refractivity contribution in [2.24, 2.45) is 0 Å². The number of rotatable bonds is 51. The molecule has 0 aromatic rings. The number of hydrogen-bond acceptors (Lipinski definition) is 3. The van der Waals surface area contributed by atoms with Gasteiger partial charge in [-0.15, -0.1) is 0 Å². The van der Waals surface area contributed by atoms with Gasteiger partial charge in [0.25, 0.3) is 0 Å². The van der Waals surface area contributed by atoms with Crippen molar-refractivity contribution >= 4 is 5.91 Å². The van der Waals surface area contributed by atoms with E-state index in [4.69, 9.17) is 0 Å². The Morgan fingerprint density at radius 1 is 0.390 bits per heavy atom. The third kappa shape index (κ3) is 48.0. The average molecular weight is 832 g/mol. The summed E-state index contributed by atoms with van der Waals surface area (Å²) in [4.78, 5) is 12.5. The molecule has 352 valence electrons. The van der Waals surface area contributed by atoms with Crippen LogP contribution in [0.4, 0.5) is 0 Å². The number of aliphatic hydroxyl groups is 2. The Morgan fingerprint density at radius 2 is 0.644 bits per heavy atom. The molecule has 2 unspecified atom stereocenters. The minimum absolute atomic E-state index is 0.0254. The van der Waals surface area contributed by atoms with Gasteiger partial charge >= 0.3 is 0 Å². The molecule has 0 aliphatic carbocycles. The molecule has 0 heterocycles. The predicted octanol–water partition coefficient (Wildman–Crippen LogP) is 17.8. The molecule has 0 radical (unpaired) electrons. The summed E-state index contributed by atoms with van der Waals surface area (Å²) in [5, 5.41) is 23.3. The Bertz CT molecular complexity index is 814. The number of amides is 1. The zero-order valence-electron chi connectivity index (χ0n) is 40.6. The average Bonchev–Trinajstić information content (AvgIpc) is 3.24. The Balaban J connectivity index is 3.41. The fourth-order valence-corrected chi connectivity index (χ4v) is 8.83. The van der Waals surface area contributed by atoms with E-state index in [2.05, 4.69) is 31.3 Å². The second kappa shape index (κ2) is 51.5. The fourth-order valence-electron chi connectivity index (χ4n) is 8.83. The lowest BCUT2D eigenvalue weighted by Gasteiger charge is -2.22. The number of hydrogen-bond donors (Lipinski definition) is 3. The number of aliphatic hydroxyl groups excluding tert-OH is 2. The van der Waals surface area contributed by atoms with Crippen molar-refractivity contribution < 1.29 is 15.0 Å². The molecule has 0 bridgehead atoms. The van der Waals surface area contributed by atoms with Crippen LogP contribution in [-0.4, -0.2) is 34.9 Å². The summed E-state index contributed by atoms with van der Waals surface area (Å²) in [7, 11) is 0. The lowest BCUT2D eigenvalue weighted by Crippen LogP contribution is -2.45. The normalized spacial score (nSPS) is 12.8. The predicted molar refractivity (Wildman–Crippen MR) is 263 cm³/mol. The number of nitrogens with one attached hydrogen (secondary N) is 1. The van der Waals surface area contributed by atoms with Crippen LogP contribution in [0.1, 0.15) is 316 Å². The van der Waals surface area contributed by atoms with E-state index in [9.17, 15) is 15.0 Å². The molecule has 0 fully saturated rings. The summed E-state index contributed by atoms with van der Waals surface area (Å²) in [6.45, 7) is 4.39. The third-order valence-electron chi connectivity index (χ3n) is 13.0. The Labute approximate surface area is 371 Å². The quantitative estimate of drug-likeness (QED) is 0.0422. The molecule has 2 atom stereocenters. The van der Waals surface area contributed by atoms with Crippen LogP contribution in [0.3, 0.4) is 0 Å². The Morgan fingerprint density at radius 3 is 0.932 bits per heavy atom. The first kappa shape index (κ1) is 58.1. The number of unbranched alkanes of at least 4 members (excludes halogenated alkanes) is 42. The molecular weight excluding hydrogens is 723 g/mol. The molecule has 0 aliphatic heterocycles. The van der Waals surface area contributed by atoms with E-state index in [0.29, 0.717) is 12.8 Å². The molecule has 0 rings (SSSR count). The van der Waals surface area contributed by atoms with Crippen LogP contribution in [0.25, 0.3) is 0 Å². The molecule has 59 heavy (non-hydrogen) atoms. The van der Waals surface area contributed by atoms with Crippen molar-refractivity contribution in [3.05, 3.63) is 12.2 Å². The molecule has 4 heteroatoms. The summed E-state index contributed by atoms with van der Waals surface area (Å²) in [6.07, 6.45) is 66.2. The van der Waals surface area contributed by atoms with Crippen molar-refractivity contribution in [3.63, 3.8) is 0 Å². The summed E-state index contributed by atoms with van der Waals surface area (Å²) >= 11 is 0. The van der Waals surface area contributed by atoms with Crippen molar-refractivity contribution in [2.45, 2.75) is 328 Å². The number of carbonyl (C=O) groups is 1. The summed E-state index contributed by atoms with van der Waals surface area (Å²) in [5.41, 5.74) is 0. The van der Waals surface area contributed by atoms with Gasteiger partial charge in [0.2, 0.25) is 5.91 Å². The molecule has 0 spiro atoms. The van der Waals surface area contributed by atoms with E-state index in [0.717, 1.165) is 25.7 Å². The van der Waals surface area contributed by atoms with Crippen molar-refractivity contribution in [2.75, 3.05) is 6.61 Å². The first-order valence-electron chi connectivity index (χ1n) is 27.4. The largest absolute Gasteiger partial charge is 0.394 e. The summed E-state index contributed by atoms with van der Waals surface area (Å²) in [5.74, 6) is -0.0254. The van der Waals surface area contributed by atoms with Crippen molar-refractivity contribution in [1.29, 1.82) is 0 Å². The van der Waals surface area contributed by atoms with E-state index < -0.39 is 12.1 Å². The molecule has 0 aromatic heterocycles. The van der Waals surface area contributed by atoms with E-state index >= 15 is 0 Å². The van der Waals surface area contributed by atoms with Crippen molar-refractivity contribution in [1.82, 2.24) is 5.32 Å². The second-order valence-electron chi connectivity index (χ2n) is 19.0. The maximum Gasteiger partial charge on any atom is 0.220 e. The fraction of sp³-hybridized carbons (Fsp3) is 0.945. The van der Waals surface area contributed by atoms with Crippen LogP contribution in [0.5, 0.6) is 0 Å². The highest BCUT2D eigenvalue weighted by molar-refractivity contribution is 5.76. The first-order chi connectivity index (χ1) is 29.2. The maximum atomic E-state index is 12.5. The van der Waals surface area contributed by atoms with E-state index in [1.54, 1.807) is 0 Å². The van der Waals surface area contributed by atoms with Gasteiger partial charge in [-0.25, -0.2) is 0 Å². The summed E-state index contributed by atoms with van der Waals surface area (Å²) < 4.78 is 0. The zero-order chi connectivity index (χ0) is 42.8. The van der Waals surface area contributed by atoms with Crippen LogP contribution in [0.15, 0.2) is 12.2 Å². The van der Waals surface area contributed by atoms with Gasteiger partial charge in [0.1, 0.15) is 0 Å². The van der Waals surface area contributed by atoms with Crippen LogP contribution in [0.2, 0.25) is 0 Å². The molecule has 3 N–H and O–H groups in total. The molecule has 0 aromatic carbocycles. The highest BCUT2D eigenvalue weighted by atomic mass is 16.3. The molecule has 0 saturated heterocycles. The lowest BCUT2D eigenvalue weighted by atomic mass is 10.0. The van der Waals surface area contributed by atoms with E-state index in [1.165, 1.54) is 263 Å². The van der Waals surface area contributed by atoms with Gasteiger partial charge in [-0.05, 0) is 38.5 Å². The van der Waals surface area contributed by atoms with Crippen LogP contribution >= 0.6 is 0 Å². The van der Waals surface area contributed by atoms with E-state index in [1.807, 2.05) is 0 Å². The molecular formula is C55H109NO3. The first-order valence-corrected chi connectivity index (χ1v) is 27.4. The Kier molecular flexibility index (Phi) is 50.7. The highest BCUT2D eigenvalue weighted by Crippen LogP contribution is 2.18. The van der Waals surface area contributed by atoms with Crippen LogP contribution in [0, 0.1) is 0 Å². The maximum absolute atomic E-state index is 12.5. The van der Waals surface area contributed by atoms with Gasteiger partial charge in [0.15, 0.2) is 0 Å². The molecule has 0 saturated carbocycles. The molecule has 4 nitrogen and oxygen atoms in total. The van der Waals surface area contributed by atoms with Gasteiger partial charge < -0.3 is 15.5 Å². The summed E-state index contributed by atoms with van der Waals surface area (Å²) in [6, 6.07) is -0.533. The zero-order valence-corrected chi connectivity index (χ0v) is 40.6. The topological polar surface area (TPSA) is 69.6 Å². The number of carbonyl (C=O) groups excluding carboxylic acids is 1. The smallest absolute Gasteiger partial charge is 0.220 e.